The highest BCUT2D eigenvalue weighted by atomic mass is 32.2. The number of para-hydroxylation sites is 1. The number of hydrogen-bond acceptors (Lipinski definition) is 3. The first kappa shape index (κ1) is 10.7. The van der Waals surface area contributed by atoms with E-state index in [1.807, 2.05) is 18.2 Å². The van der Waals surface area contributed by atoms with Gasteiger partial charge in [0.15, 0.2) is 0 Å². The molecule has 1 rings (SSSR count). The van der Waals surface area contributed by atoms with Crippen LogP contribution in [0.5, 0.6) is 0 Å². The van der Waals surface area contributed by atoms with Crippen molar-refractivity contribution < 1.29 is 4.21 Å². The Morgan fingerprint density at radius 2 is 2.14 bits per heavy atom. The van der Waals surface area contributed by atoms with E-state index in [0.717, 1.165) is 0 Å². The molecule has 1 unspecified atom stereocenters. The molecule has 3 nitrogen and oxygen atoms in total. The molecule has 0 aromatic heterocycles. The molecule has 0 fully saturated rings. The summed E-state index contributed by atoms with van der Waals surface area (Å²) in [5, 5.41) is 8.33. The fraction of sp³-hybridized carbons (Fsp3) is 0.300. The van der Waals surface area contributed by atoms with Gasteiger partial charge in [-0.25, -0.2) is 0 Å². The van der Waals surface area contributed by atoms with Crippen LogP contribution < -0.4 is 5.73 Å². The van der Waals surface area contributed by atoms with Gasteiger partial charge in [-0.15, -0.1) is 0 Å². The predicted molar refractivity (Wildman–Crippen MR) is 57.0 cm³/mol. The third kappa shape index (κ3) is 2.86. The zero-order chi connectivity index (χ0) is 10.4. The number of hydrogen-bond donors (Lipinski definition) is 1. The zero-order valence-electron chi connectivity index (χ0n) is 7.77. The minimum atomic E-state index is -1.07. The molecular weight excluding hydrogens is 196 g/mol. The van der Waals surface area contributed by atoms with Gasteiger partial charge in [0.05, 0.1) is 21.8 Å². The standard InChI is InChI=1S/C10H12N2OS/c11-7-3-4-8-14(13)10-6-2-1-5-9(10)12/h1-2,5-6H,3-4,8,12H2. The molecule has 1 aromatic rings. The summed E-state index contributed by atoms with van der Waals surface area (Å²) in [6.45, 7) is 0. The first-order chi connectivity index (χ1) is 6.75. The van der Waals surface area contributed by atoms with Crippen molar-refractivity contribution in [3.63, 3.8) is 0 Å². The van der Waals surface area contributed by atoms with Gasteiger partial charge in [0.25, 0.3) is 0 Å². The van der Waals surface area contributed by atoms with Crippen LogP contribution in [0.25, 0.3) is 0 Å². The van der Waals surface area contributed by atoms with Crippen LogP contribution in [0, 0.1) is 11.3 Å². The first-order valence-electron chi connectivity index (χ1n) is 4.35. The van der Waals surface area contributed by atoms with Crippen molar-refractivity contribution >= 4 is 16.5 Å². The number of rotatable bonds is 4. The molecule has 0 aliphatic carbocycles. The van der Waals surface area contributed by atoms with Gasteiger partial charge in [-0.3, -0.25) is 4.21 Å². The van der Waals surface area contributed by atoms with E-state index < -0.39 is 10.8 Å². The number of nitriles is 1. The van der Waals surface area contributed by atoms with E-state index in [1.54, 1.807) is 12.1 Å². The summed E-state index contributed by atoms with van der Waals surface area (Å²) in [5.41, 5.74) is 6.23. The summed E-state index contributed by atoms with van der Waals surface area (Å²) in [5.74, 6) is 0.502. The van der Waals surface area contributed by atoms with E-state index in [1.165, 1.54) is 0 Å². The van der Waals surface area contributed by atoms with Crippen molar-refractivity contribution in [3.05, 3.63) is 24.3 Å². The third-order valence-electron chi connectivity index (χ3n) is 1.78. The number of nitrogens with zero attached hydrogens (tertiary/aromatic N) is 1. The highest BCUT2D eigenvalue weighted by Gasteiger charge is 2.05. The van der Waals surface area contributed by atoms with Gasteiger partial charge >= 0.3 is 0 Å². The summed E-state index contributed by atoms with van der Waals surface area (Å²) < 4.78 is 11.7. The van der Waals surface area contributed by atoms with E-state index >= 15 is 0 Å². The lowest BCUT2D eigenvalue weighted by Gasteiger charge is -2.03. The molecule has 1 atom stereocenters. The zero-order valence-corrected chi connectivity index (χ0v) is 8.59. The molecule has 0 radical (unpaired) electrons. The maximum absolute atomic E-state index is 11.7. The number of unbranched alkanes of at least 4 members (excludes halogenated alkanes) is 1. The molecule has 0 spiro atoms. The number of benzene rings is 1. The van der Waals surface area contributed by atoms with Crippen molar-refractivity contribution in [2.75, 3.05) is 11.5 Å². The topological polar surface area (TPSA) is 66.9 Å². The Bertz CT molecular complexity index is 371. The predicted octanol–water partition coefficient (Wildman–Crippen LogP) is 1.68. The summed E-state index contributed by atoms with van der Waals surface area (Å²) in [4.78, 5) is 0.672. The second-order valence-corrected chi connectivity index (χ2v) is 4.39. The van der Waals surface area contributed by atoms with Crippen LogP contribution in [0.4, 0.5) is 5.69 Å². The molecule has 0 aliphatic rings. The Hall–Kier alpha value is -1.34. The lowest BCUT2D eigenvalue weighted by Crippen LogP contribution is -2.01. The van der Waals surface area contributed by atoms with E-state index in [2.05, 4.69) is 0 Å². The van der Waals surface area contributed by atoms with Crippen molar-refractivity contribution in [1.82, 2.24) is 0 Å². The largest absolute Gasteiger partial charge is 0.398 e. The smallest absolute Gasteiger partial charge is 0.0622 e. The van der Waals surface area contributed by atoms with Gasteiger partial charge in [0, 0.05) is 17.9 Å². The highest BCUT2D eigenvalue weighted by Crippen LogP contribution is 2.16. The molecule has 0 amide bonds. The number of anilines is 1. The quantitative estimate of drug-likeness (QED) is 0.604. The molecule has 74 valence electrons. The monoisotopic (exact) mass is 208 g/mol. The van der Waals surface area contributed by atoms with Gasteiger partial charge in [-0.1, -0.05) is 12.1 Å². The van der Waals surface area contributed by atoms with Crippen molar-refractivity contribution in [2.45, 2.75) is 17.7 Å². The lowest BCUT2D eigenvalue weighted by atomic mass is 10.3. The molecule has 0 aliphatic heterocycles. The summed E-state index contributed by atoms with van der Waals surface area (Å²) in [7, 11) is -1.07. The normalized spacial score (nSPS) is 11.9. The lowest BCUT2D eigenvalue weighted by molar-refractivity contribution is 0.681. The highest BCUT2D eigenvalue weighted by molar-refractivity contribution is 7.85. The van der Waals surface area contributed by atoms with Crippen LogP contribution in [-0.4, -0.2) is 9.96 Å². The molecule has 14 heavy (non-hydrogen) atoms. The molecule has 0 heterocycles. The maximum atomic E-state index is 11.7. The summed E-state index contributed by atoms with van der Waals surface area (Å²) >= 11 is 0. The fourth-order valence-corrected chi connectivity index (χ4v) is 2.27. The minimum absolute atomic E-state index is 0.443. The van der Waals surface area contributed by atoms with Gasteiger partial charge in [-0.2, -0.15) is 5.26 Å². The van der Waals surface area contributed by atoms with Gasteiger partial charge < -0.3 is 5.73 Å². The Balaban J connectivity index is 2.62. The van der Waals surface area contributed by atoms with Crippen LogP contribution in [0.2, 0.25) is 0 Å². The molecular formula is C10H12N2OS. The molecule has 2 N–H and O–H groups in total. The summed E-state index contributed by atoms with van der Waals surface area (Å²) in [6.07, 6.45) is 1.09. The molecule has 4 heteroatoms. The SMILES string of the molecule is N#CCCCS(=O)c1ccccc1N. The van der Waals surface area contributed by atoms with E-state index in [4.69, 9.17) is 11.0 Å². The number of nitrogens with two attached hydrogens (primary N) is 1. The Labute approximate surface area is 86.0 Å². The molecule has 0 saturated carbocycles. The van der Waals surface area contributed by atoms with Gasteiger partial charge in [-0.05, 0) is 18.6 Å². The first-order valence-corrected chi connectivity index (χ1v) is 5.67. The van der Waals surface area contributed by atoms with Crippen LogP contribution in [0.15, 0.2) is 29.2 Å². The molecule has 1 aromatic carbocycles. The average Bonchev–Trinajstić information content (AvgIpc) is 2.18. The van der Waals surface area contributed by atoms with E-state index in [0.29, 0.717) is 29.2 Å². The maximum Gasteiger partial charge on any atom is 0.0622 e. The van der Waals surface area contributed by atoms with Crippen LogP contribution in [0.1, 0.15) is 12.8 Å². The van der Waals surface area contributed by atoms with E-state index in [9.17, 15) is 4.21 Å². The van der Waals surface area contributed by atoms with Crippen LogP contribution >= 0.6 is 0 Å². The fourth-order valence-electron chi connectivity index (χ4n) is 1.08. The molecule has 0 bridgehead atoms. The average molecular weight is 208 g/mol. The Kier molecular flexibility index (Phi) is 4.14. The van der Waals surface area contributed by atoms with Crippen molar-refractivity contribution in [2.24, 2.45) is 0 Å². The van der Waals surface area contributed by atoms with Crippen LogP contribution in [-0.2, 0) is 10.8 Å². The minimum Gasteiger partial charge on any atom is -0.398 e. The second kappa shape index (κ2) is 5.40. The van der Waals surface area contributed by atoms with Crippen molar-refractivity contribution in [3.8, 4) is 6.07 Å². The van der Waals surface area contributed by atoms with Gasteiger partial charge in [0.1, 0.15) is 0 Å². The van der Waals surface area contributed by atoms with E-state index in [-0.39, 0.29) is 0 Å². The third-order valence-corrected chi connectivity index (χ3v) is 3.30. The molecule has 0 saturated heterocycles. The van der Waals surface area contributed by atoms with Gasteiger partial charge in [0.2, 0.25) is 0 Å². The second-order valence-electron chi connectivity index (χ2n) is 2.85. The van der Waals surface area contributed by atoms with Crippen LogP contribution in [0.3, 0.4) is 0 Å². The van der Waals surface area contributed by atoms with Crippen molar-refractivity contribution in [1.29, 1.82) is 5.26 Å². The summed E-state index contributed by atoms with van der Waals surface area (Å²) in [6, 6.07) is 9.14. The Morgan fingerprint density at radius 1 is 1.43 bits per heavy atom. The Morgan fingerprint density at radius 3 is 2.79 bits per heavy atom. The number of nitrogen functional groups attached to an aromatic ring is 1.